The van der Waals surface area contributed by atoms with Crippen LogP contribution in [0, 0.1) is 5.82 Å². The quantitative estimate of drug-likeness (QED) is 0.299. The summed E-state index contributed by atoms with van der Waals surface area (Å²) < 4.78 is 20.1. The van der Waals surface area contributed by atoms with E-state index in [0.29, 0.717) is 63.9 Å². The highest BCUT2D eigenvalue weighted by Crippen LogP contribution is 2.47. The van der Waals surface area contributed by atoms with Gasteiger partial charge in [-0.2, -0.15) is 0 Å². The van der Waals surface area contributed by atoms with Crippen LogP contribution < -0.4 is 4.43 Å². The minimum atomic E-state index is -2.25. The van der Waals surface area contributed by atoms with Crippen LogP contribution in [0.1, 0.15) is 78.5 Å². The van der Waals surface area contributed by atoms with E-state index in [2.05, 4.69) is 46.4 Å². The number of benzene rings is 2. The first-order valence-electron chi connectivity index (χ1n) is 13.3. The predicted octanol–water partition coefficient (Wildman–Crippen LogP) is 8.09. The lowest BCUT2D eigenvalue weighted by Crippen LogP contribution is -2.50. The zero-order chi connectivity index (χ0) is 27.7. The summed E-state index contributed by atoms with van der Waals surface area (Å²) in [6.07, 6.45) is 0.176. The molecule has 0 amide bonds. The molecule has 2 N–H and O–H groups in total. The van der Waals surface area contributed by atoms with Gasteiger partial charge in [-0.1, -0.05) is 76.9 Å². The Kier molecular flexibility index (Phi) is 9.80. The monoisotopic (exact) mass is 569 g/mol. The van der Waals surface area contributed by atoms with Crippen molar-refractivity contribution in [1.82, 2.24) is 4.90 Å². The van der Waals surface area contributed by atoms with E-state index >= 15 is 0 Å². The Morgan fingerprint density at radius 1 is 0.892 bits per heavy atom. The average molecular weight is 571 g/mol. The average Bonchev–Trinajstić information content (AvgIpc) is 2.82. The van der Waals surface area contributed by atoms with Gasteiger partial charge in [0.05, 0.1) is 21.8 Å². The van der Waals surface area contributed by atoms with E-state index in [1.165, 1.54) is 12.1 Å². The van der Waals surface area contributed by atoms with Crippen molar-refractivity contribution in [3.63, 3.8) is 0 Å². The molecule has 2 aromatic carbocycles. The minimum Gasteiger partial charge on any atom is -0.541 e. The molecule has 2 atom stereocenters. The number of hydrogen-bond donors (Lipinski definition) is 2. The lowest BCUT2D eigenvalue weighted by Gasteiger charge is -2.43. The first-order chi connectivity index (χ1) is 17.2. The van der Waals surface area contributed by atoms with Gasteiger partial charge in [-0.05, 0) is 71.8 Å². The maximum Gasteiger partial charge on any atom is 0.258 e. The SMILES string of the molecule is CC(C(O)c1cc(Cl)c(O[Si](C(C)C)(C(C)C)C(C)C)c(Cl)c1)N1CCC(O)(c2ccc(F)cc2)CC1. The van der Waals surface area contributed by atoms with Crippen LogP contribution in [0.3, 0.4) is 0 Å². The van der Waals surface area contributed by atoms with Crippen LogP contribution in [-0.4, -0.2) is 42.6 Å². The van der Waals surface area contributed by atoms with Gasteiger partial charge in [-0.15, -0.1) is 0 Å². The summed E-state index contributed by atoms with van der Waals surface area (Å²) in [6, 6.07) is 9.36. The molecule has 1 saturated heterocycles. The van der Waals surface area contributed by atoms with Gasteiger partial charge in [0.1, 0.15) is 11.6 Å². The zero-order valence-electron chi connectivity index (χ0n) is 23.1. The summed E-state index contributed by atoms with van der Waals surface area (Å²) >= 11 is 13.5. The summed E-state index contributed by atoms with van der Waals surface area (Å²) in [4.78, 5) is 2.16. The molecule has 0 radical (unpaired) electrons. The summed E-state index contributed by atoms with van der Waals surface area (Å²) in [5, 5.41) is 23.2. The number of hydrogen-bond acceptors (Lipinski definition) is 4. The van der Waals surface area contributed by atoms with Crippen molar-refractivity contribution in [2.45, 2.75) is 95.7 Å². The third-order valence-electron chi connectivity index (χ3n) is 8.39. The summed E-state index contributed by atoms with van der Waals surface area (Å²) in [5.74, 6) is 0.193. The largest absolute Gasteiger partial charge is 0.541 e. The van der Waals surface area contributed by atoms with Crippen LogP contribution in [-0.2, 0) is 5.60 Å². The molecule has 0 aromatic heterocycles. The summed E-state index contributed by atoms with van der Waals surface area (Å²) in [6.45, 7) is 16.4. The number of halogens is 3. The molecule has 2 aromatic rings. The molecular weight excluding hydrogens is 528 g/mol. The Bertz CT molecular complexity index is 1010. The van der Waals surface area contributed by atoms with Crippen LogP contribution in [0.25, 0.3) is 0 Å². The summed E-state index contributed by atoms with van der Waals surface area (Å²) in [7, 11) is -2.25. The fourth-order valence-corrected chi connectivity index (χ4v) is 12.2. The smallest absolute Gasteiger partial charge is 0.258 e. The van der Waals surface area contributed by atoms with Gasteiger partial charge in [0.2, 0.25) is 0 Å². The summed E-state index contributed by atoms with van der Waals surface area (Å²) in [5.41, 5.74) is 1.48. The Morgan fingerprint density at radius 2 is 1.35 bits per heavy atom. The molecule has 0 aliphatic carbocycles. The van der Waals surface area contributed by atoms with Crippen molar-refractivity contribution >= 4 is 31.5 Å². The van der Waals surface area contributed by atoms with Gasteiger partial charge >= 0.3 is 0 Å². The van der Waals surface area contributed by atoms with E-state index in [9.17, 15) is 14.6 Å². The number of aliphatic hydroxyl groups excluding tert-OH is 1. The maximum atomic E-state index is 13.3. The highest BCUT2D eigenvalue weighted by atomic mass is 35.5. The molecule has 0 saturated carbocycles. The number of rotatable bonds is 9. The normalized spacial score (nSPS) is 18.5. The lowest BCUT2D eigenvalue weighted by atomic mass is 9.83. The van der Waals surface area contributed by atoms with Crippen molar-refractivity contribution in [3.8, 4) is 5.75 Å². The van der Waals surface area contributed by atoms with Gasteiger partial charge in [0.15, 0.2) is 0 Å². The first-order valence-corrected chi connectivity index (χ1v) is 16.2. The fourth-order valence-electron chi connectivity index (χ4n) is 6.21. The third-order valence-corrected chi connectivity index (χ3v) is 14.9. The van der Waals surface area contributed by atoms with E-state index in [4.69, 9.17) is 27.6 Å². The van der Waals surface area contributed by atoms with Crippen molar-refractivity contribution < 1.29 is 19.0 Å². The molecular formula is C29H42Cl2FNO3Si. The lowest BCUT2D eigenvalue weighted by molar-refractivity contribution is -0.0502. The molecule has 0 bridgehead atoms. The molecule has 1 fully saturated rings. The highest BCUT2D eigenvalue weighted by molar-refractivity contribution is 6.78. The molecule has 0 spiro atoms. The van der Waals surface area contributed by atoms with Crippen LogP contribution in [0.15, 0.2) is 36.4 Å². The molecule has 2 unspecified atom stereocenters. The van der Waals surface area contributed by atoms with Crippen molar-refractivity contribution in [3.05, 3.63) is 63.4 Å². The molecule has 1 aliphatic heterocycles. The maximum absolute atomic E-state index is 13.3. The van der Waals surface area contributed by atoms with E-state index in [1.54, 1.807) is 24.3 Å². The van der Waals surface area contributed by atoms with Crippen LogP contribution >= 0.6 is 23.2 Å². The van der Waals surface area contributed by atoms with Crippen molar-refractivity contribution in [2.75, 3.05) is 13.1 Å². The second kappa shape index (κ2) is 11.9. The van der Waals surface area contributed by atoms with Gasteiger partial charge in [0, 0.05) is 19.1 Å². The Morgan fingerprint density at radius 3 is 1.78 bits per heavy atom. The standard InChI is InChI=1S/C29H42Cl2FNO3Si/c1-18(2)37(19(3)4,20(5)6)36-28-25(30)16-22(17-26(28)31)27(34)21(7)33-14-12-29(35,13-15-33)23-8-10-24(32)11-9-23/h8-11,16-21,27,34-35H,12-15H2,1-7H3. The molecule has 1 heterocycles. The van der Waals surface area contributed by atoms with E-state index in [0.717, 1.165) is 5.56 Å². The van der Waals surface area contributed by atoms with Gasteiger partial charge in [-0.3, -0.25) is 4.90 Å². The third kappa shape index (κ3) is 6.20. The number of aliphatic hydroxyl groups is 2. The van der Waals surface area contributed by atoms with Crippen molar-refractivity contribution in [1.29, 1.82) is 0 Å². The molecule has 37 heavy (non-hydrogen) atoms. The molecule has 4 nitrogen and oxygen atoms in total. The van der Waals surface area contributed by atoms with E-state index < -0.39 is 20.0 Å². The number of likely N-dealkylation sites (tertiary alicyclic amines) is 1. The number of nitrogens with zero attached hydrogens (tertiary/aromatic N) is 1. The number of piperidine rings is 1. The van der Waals surface area contributed by atoms with E-state index in [-0.39, 0.29) is 11.9 Å². The van der Waals surface area contributed by atoms with Gasteiger partial charge in [0.25, 0.3) is 8.32 Å². The van der Waals surface area contributed by atoms with Crippen LogP contribution in [0.2, 0.25) is 26.7 Å². The fraction of sp³-hybridized carbons (Fsp3) is 0.586. The zero-order valence-corrected chi connectivity index (χ0v) is 25.6. The Hall–Kier alpha value is -1.15. The van der Waals surface area contributed by atoms with Gasteiger partial charge in [-0.25, -0.2) is 4.39 Å². The predicted molar refractivity (Wildman–Crippen MR) is 154 cm³/mol. The second-order valence-electron chi connectivity index (χ2n) is 11.5. The molecule has 8 heteroatoms. The first kappa shape index (κ1) is 30.4. The Labute approximate surface area is 232 Å². The van der Waals surface area contributed by atoms with Crippen molar-refractivity contribution in [2.24, 2.45) is 0 Å². The highest BCUT2D eigenvalue weighted by Gasteiger charge is 2.47. The van der Waals surface area contributed by atoms with E-state index in [1.807, 2.05) is 6.92 Å². The van der Waals surface area contributed by atoms with Gasteiger partial charge < -0.3 is 14.6 Å². The second-order valence-corrected chi connectivity index (χ2v) is 17.7. The molecule has 206 valence electrons. The topological polar surface area (TPSA) is 52.9 Å². The van der Waals surface area contributed by atoms with Crippen LogP contribution in [0.5, 0.6) is 5.75 Å². The molecule has 1 aliphatic rings. The molecule has 3 rings (SSSR count). The minimum absolute atomic E-state index is 0.216. The van der Waals surface area contributed by atoms with Crippen LogP contribution in [0.4, 0.5) is 4.39 Å². The Balaban J connectivity index is 1.76.